The van der Waals surface area contributed by atoms with Crippen LogP contribution in [0.3, 0.4) is 0 Å². The quantitative estimate of drug-likeness (QED) is 0.780. The van der Waals surface area contributed by atoms with E-state index in [0.29, 0.717) is 11.6 Å². The molecular formula is C15H17N3. The number of fused-ring (bicyclic) bond motifs is 5. The maximum atomic E-state index is 8.94. The smallest absolute Gasteiger partial charge is 0.0992 e. The Balaban J connectivity index is 1.55. The van der Waals surface area contributed by atoms with Gasteiger partial charge >= 0.3 is 0 Å². The summed E-state index contributed by atoms with van der Waals surface area (Å²) in [5.74, 6) is 3.68. The Hall–Kier alpha value is -1.69. The zero-order valence-corrected chi connectivity index (χ0v) is 10.3. The number of nitrogens with one attached hydrogen (secondary N) is 1. The molecule has 4 rings (SSSR count). The molecule has 3 heteroatoms. The number of hydrogen-bond donors (Lipinski definition) is 2. The van der Waals surface area contributed by atoms with E-state index in [9.17, 15) is 0 Å². The van der Waals surface area contributed by atoms with E-state index >= 15 is 0 Å². The van der Waals surface area contributed by atoms with E-state index in [1.807, 2.05) is 12.1 Å². The zero-order valence-electron chi connectivity index (χ0n) is 10.3. The van der Waals surface area contributed by atoms with Crippen LogP contribution < -0.4 is 11.1 Å². The molecule has 0 radical (unpaired) electrons. The first-order valence-corrected chi connectivity index (χ1v) is 6.84. The van der Waals surface area contributed by atoms with Gasteiger partial charge in [-0.1, -0.05) is 0 Å². The molecule has 3 aliphatic carbocycles. The molecule has 0 aliphatic heterocycles. The van der Waals surface area contributed by atoms with Gasteiger partial charge in [0.2, 0.25) is 0 Å². The third-order valence-corrected chi connectivity index (χ3v) is 5.24. The fourth-order valence-corrected chi connectivity index (χ4v) is 4.45. The van der Waals surface area contributed by atoms with E-state index in [4.69, 9.17) is 11.0 Å². The highest BCUT2D eigenvalue weighted by molar-refractivity contribution is 5.69. The molecule has 0 spiro atoms. The average Bonchev–Trinajstić information content (AvgIpc) is 2.79. The summed E-state index contributed by atoms with van der Waals surface area (Å²) in [6, 6.07) is 8.27. The van der Waals surface area contributed by atoms with Crippen molar-refractivity contribution >= 4 is 11.4 Å². The largest absolute Gasteiger partial charge is 0.397 e. The minimum atomic E-state index is 0.618. The first kappa shape index (κ1) is 10.3. The molecule has 1 aromatic carbocycles. The molecule has 0 amide bonds. The van der Waals surface area contributed by atoms with Crippen molar-refractivity contribution in [3.05, 3.63) is 23.8 Å². The van der Waals surface area contributed by atoms with Crippen molar-refractivity contribution in [1.29, 1.82) is 5.26 Å². The van der Waals surface area contributed by atoms with E-state index in [1.165, 1.54) is 19.3 Å². The number of benzene rings is 1. The molecule has 0 saturated heterocycles. The molecule has 3 fully saturated rings. The van der Waals surface area contributed by atoms with Crippen molar-refractivity contribution in [3.8, 4) is 6.07 Å². The predicted molar refractivity (Wildman–Crippen MR) is 70.8 cm³/mol. The lowest BCUT2D eigenvalue weighted by atomic mass is 10.0. The van der Waals surface area contributed by atoms with Gasteiger partial charge in [0.25, 0.3) is 0 Å². The maximum Gasteiger partial charge on any atom is 0.0992 e. The lowest BCUT2D eigenvalue weighted by Crippen LogP contribution is -2.13. The van der Waals surface area contributed by atoms with E-state index in [0.717, 1.165) is 35.0 Å². The van der Waals surface area contributed by atoms with Crippen LogP contribution in [0.2, 0.25) is 0 Å². The standard InChI is InChI=1S/C15H17N3/c16-7-8-1-4-11(17)12(5-8)18-15-13-9-2-3-10(6-9)14(13)15/h1,4-5,9-10,13-15,18H,2-3,6,17H2. The van der Waals surface area contributed by atoms with Crippen molar-refractivity contribution in [2.45, 2.75) is 25.3 Å². The predicted octanol–water partition coefficient (Wildman–Crippen LogP) is 2.60. The molecule has 4 atom stereocenters. The average molecular weight is 239 g/mol. The Kier molecular flexibility index (Phi) is 1.94. The van der Waals surface area contributed by atoms with Crippen LogP contribution >= 0.6 is 0 Å². The Morgan fingerprint density at radius 2 is 1.94 bits per heavy atom. The van der Waals surface area contributed by atoms with Crippen LogP contribution in [0.1, 0.15) is 24.8 Å². The first-order valence-electron chi connectivity index (χ1n) is 6.84. The number of rotatable bonds is 2. The van der Waals surface area contributed by atoms with Gasteiger partial charge in [0, 0.05) is 6.04 Å². The van der Waals surface area contributed by atoms with Gasteiger partial charge in [-0.3, -0.25) is 0 Å². The van der Waals surface area contributed by atoms with E-state index in [1.54, 1.807) is 6.07 Å². The third kappa shape index (κ3) is 1.29. The number of nitrogens with two attached hydrogens (primary N) is 1. The van der Waals surface area contributed by atoms with Gasteiger partial charge in [-0.15, -0.1) is 0 Å². The fraction of sp³-hybridized carbons (Fsp3) is 0.533. The van der Waals surface area contributed by atoms with Gasteiger partial charge in [0.15, 0.2) is 0 Å². The summed E-state index contributed by atoms with van der Waals surface area (Å²) >= 11 is 0. The number of nitrogen functional groups attached to an aromatic ring is 1. The second-order valence-electron chi connectivity index (χ2n) is 6.07. The summed E-state index contributed by atoms with van der Waals surface area (Å²) in [5, 5.41) is 12.5. The van der Waals surface area contributed by atoms with Gasteiger partial charge in [0.05, 0.1) is 23.0 Å². The van der Waals surface area contributed by atoms with Crippen LogP contribution in [0.4, 0.5) is 11.4 Å². The minimum absolute atomic E-state index is 0.618. The molecule has 18 heavy (non-hydrogen) atoms. The molecule has 3 aliphatic rings. The molecule has 0 heterocycles. The Morgan fingerprint density at radius 3 is 2.61 bits per heavy atom. The third-order valence-electron chi connectivity index (χ3n) is 5.24. The molecule has 4 unspecified atom stereocenters. The monoisotopic (exact) mass is 239 g/mol. The Labute approximate surface area is 107 Å². The summed E-state index contributed by atoms with van der Waals surface area (Å²) in [6.45, 7) is 0. The number of hydrogen-bond acceptors (Lipinski definition) is 3. The molecule has 1 aromatic rings. The first-order chi connectivity index (χ1) is 8.78. The molecular weight excluding hydrogens is 222 g/mol. The van der Waals surface area contributed by atoms with Gasteiger partial charge in [0.1, 0.15) is 0 Å². The Morgan fingerprint density at radius 1 is 1.22 bits per heavy atom. The van der Waals surface area contributed by atoms with Gasteiger partial charge < -0.3 is 11.1 Å². The molecule has 3 nitrogen and oxygen atoms in total. The maximum absolute atomic E-state index is 8.94. The molecule has 0 aromatic heterocycles. The van der Waals surface area contributed by atoms with Gasteiger partial charge in [-0.25, -0.2) is 0 Å². The Bertz CT molecular complexity index is 529. The summed E-state index contributed by atoms with van der Waals surface area (Å²) in [5.41, 5.74) is 8.37. The number of nitrogens with zero attached hydrogens (tertiary/aromatic N) is 1. The highest BCUT2D eigenvalue weighted by atomic mass is 15.0. The van der Waals surface area contributed by atoms with Crippen molar-refractivity contribution in [1.82, 2.24) is 0 Å². The summed E-state index contributed by atoms with van der Waals surface area (Å²) in [4.78, 5) is 0. The second kappa shape index (κ2) is 3.41. The van der Waals surface area contributed by atoms with E-state index < -0.39 is 0 Å². The van der Waals surface area contributed by atoms with Crippen LogP contribution in [0.15, 0.2) is 18.2 Å². The number of anilines is 2. The van der Waals surface area contributed by atoms with E-state index in [-0.39, 0.29) is 0 Å². The normalized spacial score (nSPS) is 39.2. The lowest BCUT2D eigenvalue weighted by molar-refractivity contribution is 0.456. The molecule has 3 saturated carbocycles. The molecule has 3 N–H and O–H groups in total. The topological polar surface area (TPSA) is 61.8 Å². The lowest BCUT2D eigenvalue weighted by Gasteiger charge is -2.13. The van der Waals surface area contributed by atoms with E-state index in [2.05, 4.69) is 11.4 Å². The minimum Gasteiger partial charge on any atom is -0.397 e. The summed E-state index contributed by atoms with van der Waals surface area (Å²) in [6.07, 6.45) is 4.32. The highest BCUT2D eigenvalue weighted by Crippen LogP contribution is 2.66. The van der Waals surface area contributed by atoms with Crippen LogP contribution in [-0.2, 0) is 0 Å². The van der Waals surface area contributed by atoms with Crippen molar-refractivity contribution in [2.24, 2.45) is 23.7 Å². The van der Waals surface area contributed by atoms with Gasteiger partial charge in [-0.05, 0) is 61.1 Å². The van der Waals surface area contributed by atoms with Crippen LogP contribution in [0.5, 0.6) is 0 Å². The summed E-state index contributed by atoms with van der Waals surface area (Å²) < 4.78 is 0. The van der Waals surface area contributed by atoms with Crippen molar-refractivity contribution in [2.75, 3.05) is 11.1 Å². The van der Waals surface area contributed by atoms with Crippen LogP contribution in [0.25, 0.3) is 0 Å². The SMILES string of the molecule is N#Cc1ccc(N)c(NC2C3C4CCC(C4)C23)c1. The molecule has 92 valence electrons. The van der Waals surface area contributed by atoms with Crippen molar-refractivity contribution < 1.29 is 0 Å². The zero-order chi connectivity index (χ0) is 12.3. The van der Waals surface area contributed by atoms with Crippen LogP contribution in [0, 0.1) is 35.0 Å². The fourth-order valence-electron chi connectivity index (χ4n) is 4.45. The highest BCUT2D eigenvalue weighted by Gasteiger charge is 2.65. The van der Waals surface area contributed by atoms with Crippen molar-refractivity contribution in [3.63, 3.8) is 0 Å². The van der Waals surface area contributed by atoms with Crippen LogP contribution in [-0.4, -0.2) is 6.04 Å². The second-order valence-corrected chi connectivity index (χ2v) is 6.07. The summed E-state index contributed by atoms with van der Waals surface area (Å²) in [7, 11) is 0. The number of nitriles is 1. The molecule has 2 bridgehead atoms. The van der Waals surface area contributed by atoms with Gasteiger partial charge in [-0.2, -0.15) is 5.26 Å².